The van der Waals surface area contributed by atoms with Gasteiger partial charge in [0.2, 0.25) is 0 Å². The summed E-state index contributed by atoms with van der Waals surface area (Å²) in [5.41, 5.74) is 2.57. The molecule has 5 nitrogen and oxygen atoms in total. The van der Waals surface area contributed by atoms with E-state index in [0.29, 0.717) is 18.7 Å². The van der Waals surface area contributed by atoms with Gasteiger partial charge in [0.15, 0.2) is 0 Å². The Labute approximate surface area is 140 Å². The molecule has 0 saturated heterocycles. The SMILES string of the molecule is COc1ccc(CCOC(=O)Nc2ccc3cccnc3c2)cc1. The monoisotopic (exact) mass is 322 g/mol. The second-order valence-electron chi connectivity index (χ2n) is 5.27. The molecular formula is C19H18N2O3. The molecule has 1 heterocycles. The van der Waals surface area contributed by atoms with Crippen molar-refractivity contribution in [3.8, 4) is 5.75 Å². The third-order valence-corrected chi connectivity index (χ3v) is 3.64. The number of ether oxygens (including phenoxy) is 2. The van der Waals surface area contributed by atoms with Crippen molar-refractivity contribution in [1.29, 1.82) is 0 Å². The Morgan fingerprint density at radius 1 is 1.12 bits per heavy atom. The molecule has 122 valence electrons. The van der Waals surface area contributed by atoms with Gasteiger partial charge in [-0.1, -0.05) is 24.3 Å². The normalized spacial score (nSPS) is 10.4. The summed E-state index contributed by atoms with van der Waals surface area (Å²) in [6.07, 6.45) is 1.90. The lowest BCUT2D eigenvalue weighted by molar-refractivity contribution is 0.163. The van der Waals surface area contributed by atoms with Crippen LogP contribution >= 0.6 is 0 Å². The zero-order chi connectivity index (χ0) is 16.8. The number of hydrogen-bond acceptors (Lipinski definition) is 4. The van der Waals surface area contributed by atoms with E-state index < -0.39 is 6.09 Å². The summed E-state index contributed by atoms with van der Waals surface area (Å²) in [5.74, 6) is 0.808. The molecule has 1 amide bonds. The smallest absolute Gasteiger partial charge is 0.411 e. The molecule has 0 bridgehead atoms. The molecular weight excluding hydrogens is 304 g/mol. The molecule has 24 heavy (non-hydrogen) atoms. The molecule has 1 N–H and O–H groups in total. The number of anilines is 1. The highest BCUT2D eigenvalue weighted by molar-refractivity contribution is 5.89. The molecule has 0 radical (unpaired) electrons. The lowest BCUT2D eigenvalue weighted by Gasteiger charge is -2.08. The second kappa shape index (κ2) is 7.46. The summed E-state index contributed by atoms with van der Waals surface area (Å²) in [5, 5.41) is 3.74. The van der Waals surface area contributed by atoms with E-state index in [-0.39, 0.29) is 0 Å². The topological polar surface area (TPSA) is 60.5 Å². The van der Waals surface area contributed by atoms with Crippen molar-refractivity contribution in [3.63, 3.8) is 0 Å². The molecule has 0 aliphatic carbocycles. The molecule has 0 atom stereocenters. The minimum atomic E-state index is -0.473. The number of pyridine rings is 1. The number of hydrogen-bond donors (Lipinski definition) is 1. The number of rotatable bonds is 5. The molecule has 0 fully saturated rings. The number of benzene rings is 2. The standard InChI is InChI=1S/C19H18N2O3/c1-23-17-8-4-14(5-9-17)10-12-24-19(22)21-16-7-6-15-3-2-11-20-18(15)13-16/h2-9,11,13H,10,12H2,1H3,(H,21,22). The molecule has 1 aromatic heterocycles. The van der Waals surface area contributed by atoms with Gasteiger partial charge in [0.1, 0.15) is 5.75 Å². The summed E-state index contributed by atoms with van der Waals surface area (Å²) in [4.78, 5) is 16.1. The molecule has 5 heteroatoms. The summed E-state index contributed by atoms with van der Waals surface area (Å²) in [6.45, 7) is 0.310. The predicted octanol–water partition coefficient (Wildman–Crippen LogP) is 4.03. The van der Waals surface area contributed by atoms with E-state index in [0.717, 1.165) is 22.2 Å². The van der Waals surface area contributed by atoms with Gasteiger partial charge < -0.3 is 9.47 Å². The lowest BCUT2D eigenvalue weighted by atomic mass is 10.1. The van der Waals surface area contributed by atoms with Crippen molar-refractivity contribution < 1.29 is 14.3 Å². The number of nitrogens with one attached hydrogen (secondary N) is 1. The van der Waals surface area contributed by atoms with E-state index in [9.17, 15) is 4.79 Å². The van der Waals surface area contributed by atoms with Crippen molar-refractivity contribution in [1.82, 2.24) is 4.98 Å². The van der Waals surface area contributed by atoms with E-state index >= 15 is 0 Å². The van der Waals surface area contributed by atoms with Crippen molar-refractivity contribution in [2.45, 2.75) is 6.42 Å². The number of nitrogens with zero attached hydrogens (tertiary/aromatic N) is 1. The van der Waals surface area contributed by atoms with Gasteiger partial charge in [-0.15, -0.1) is 0 Å². The van der Waals surface area contributed by atoms with Crippen molar-refractivity contribution in [2.75, 3.05) is 19.0 Å². The van der Waals surface area contributed by atoms with Crippen LogP contribution in [-0.2, 0) is 11.2 Å². The van der Waals surface area contributed by atoms with Gasteiger partial charge in [0, 0.05) is 23.7 Å². The molecule has 0 unspecified atom stereocenters. The number of methoxy groups -OCH3 is 1. The van der Waals surface area contributed by atoms with Crippen LogP contribution in [0.2, 0.25) is 0 Å². The third kappa shape index (κ3) is 4.01. The summed E-state index contributed by atoms with van der Waals surface area (Å²) in [7, 11) is 1.63. The van der Waals surface area contributed by atoms with E-state index in [1.165, 1.54) is 0 Å². The maximum Gasteiger partial charge on any atom is 0.411 e. The average molecular weight is 322 g/mol. The maximum absolute atomic E-state index is 11.9. The molecule has 0 aliphatic heterocycles. The Morgan fingerprint density at radius 2 is 1.96 bits per heavy atom. The van der Waals surface area contributed by atoms with Gasteiger partial charge >= 0.3 is 6.09 Å². The minimum absolute atomic E-state index is 0.310. The fourth-order valence-corrected chi connectivity index (χ4v) is 2.35. The van der Waals surface area contributed by atoms with E-state index in [1.54, 1.807) is 13.3 Å². The van der Waals surface area contributed by atoms with E-state index in [1.807, 2.05) is 54.6 Å². The Kier molecular flexibility index (Phi) is 4.91. The molecule has 0 aliphatic rings. The van der Waals surface area contributed by atoms with Gasteiger partial charge in [-0.2, -0.15) is 0 Å². The first kappa shape index (κ1) is 15.8. The van der Waals surface area contributed by atoms with Gasteiger partial charge in [-0.25, -0.2) is 4.79 Å². The molecule has 2 aromatic carbocycles. The summed E-state index contributed by atoms with van der Waals surface area (Å²) in [6, 6.07) is 17.1. The van der Waals surface area contributed by atoms with Crippen LogP contribution in [0.15, 0.2) is 60.8 Å². The Bertz CT molecular complexity index is 831. The zero-order valence-electron chi connectivity index (χ0n) is 13.4. The van der Waals surface area contributed by atoms with Crippen LogP contribution in [0, 0.1) is 0 Å². The first-order chi connectivity index (χ1) is 11.7. The highest BCUT2D eigenvalue weighted by atomic mass is 16.5. The Morgan fingerprint density at radius 3 is 2.75 bits per heavy atom. The fourth-order valence-electron chi connectivity index (χ4n) is 2.35. The molecule has 3 aromatic rings. The largest absolute Gasteiger partial charge is 0.497 e. The van der Waals surface area contributed by atoms with Gasteiger partial charge in [-0.05, 0) is 35.9 Å². The number of carbonyl (C=O) groups excluding carboxylic acids is 1. The number of fused-ring (bicyclic) bond motifs is 1. The van der Waals surface area contributed by atoms with Crippen LogP contribution in [0.5, 0.6) is 5.75 Å². The maximum atomic E-state index is 11.9. The molecule has 0 spiro atoms. The number of amides is 1. The van der Waals surface area contributed by atoms with Crippen LogP contribution in [0.3, 0.4) is 0 Å². The van der Waals surface area contributed by atoms with Crippen LogP contribution in [0.4, 0.5) is 10.5 Å². The summed E-state index contributed by atoms with van der Waals surface area (Å²) >= 11 is 0. The predicted molar refractivity (Wildman–Crippen MR) is 93.4 cm³/mol. The van der Waals surface area contributed by atoms with E-state index in [4.69, 9.17) is 9.47 Å². The second-order valence-corrected chi connectivity index (χ2v) is 5.27. The van der Waals surface area contributed by atoms with Crippen molar-refractivity contribution >= 4 is 22.7 Å². The van der Waals surface area contributed by atoms with Crippen LogP contribution in [0.1, 0.15) is 5.56 Å². The Balaban J connectivity index is 1.51. The first-order valence-electron chi connectivity index (χ1n) is 7.66. The third-order valence-electron chi connectivity index (χ3n) is 3.64. The average Bonchev–Trinajstić information content (AvgIpc) is 2.62. The molecule has 0 saturated carbocycles. The van der Waals surface area contributed by atoms with Crippen molar-refractivity contribution in [3.05, 3.63) is 66.4 Å². The van der Waals surface area contributed by atoms with E-state index in [2.05, 4.69) is 10.3 Å². The van der Waals surface area contributed by atoms with Crippen LogP contribution < -0.4 is 10.1 Å². The van der Waals surface area contributed by atoms with Gasteiger partial charge in [0.25, 0.3) is 0 Å². The quantitative estimate of drug-likeness (QED) is 0.770. The van der Waals surface area contributed by atoms with Gasteiger partial charge in [0.05, 0.1) is 19.2 Å². The summed E-state index contributed by atoms with van der Waals surface area (Å²) < 4.78 is 10.3. The highest BCUT2D eigenvalue weighted by Gasteiger charge is 2.05. The lowest BCUT2D eigenvalue weighted by Crippen LogP contribution is -2.15. The molecule has 3 rings (SSSR count). The Hall–Kier alpha value is -3.08. The van der Waals surface area contributed by atoms with Crippen LogP contribution in [0.25, 0.3) is 10.9 Å². The van der Waals surface area contributed by atoms with Crippen LogP contribution in [-0.4, -0.2) is 24.8 Å². The fraction of sp³-hybridized carbons (Fsp3) is 0.158. The van der Waals surface area contributed by atoms with Crippen molar-refractivity contribution in [2.24, 2.45) is 0 Å². The zero-order valence-corrected chi connectivity index (χ0v) is 13.4. The first-order valence-corrected chi connectivity index (χ1v) is 7.66. The number of carbonyl (C=O) groups is 1. The van der Waals surface area contributed by atoms with Gasteiger partial charge in [-0.3, -0.25) is 10.3 Å². The number of aromatic nitrogens is 1. The minimum Gasteiger partial charge on any atom is -0.497 e. The highest BCUT2D eigenvalue weighted by Crippen LogP contribution is 2.17.